The zero-order valence-corrected chi connectivity index (χ0v) is 16.4. The summed E-state index contributed by atoms with van der Waals surface area (Å²) < 4.78 is 5.71. The van der Waals surface area contributed by atoms with Crippen LogP contribution < -0.4 is 15.4 Å². The molecule has 0 saturated carbocycles. The molecular weight excluding hydrogens is 348 g/mol. The van der Waals surface area contributed by atoms with E-state index in [1.165, 1.54) is 5.56 Å². The maximum absolute atomic E-state index is 12.0. The molecule has 0 aromatic heterocycles. The van der Waals surface area contributed by atoms with Crippen molar-refractivity contribution in [3.8, 4) is 5.75 Å². The first-order chi connectivity index (χ1) is 12.1. The predicted molar refractivity (Wildman–Crippen MR) is 109 cm³/mol. The van der Waals surface area contributed by atoms with Crippen molar-refractivity contribution in [2.75, 3.05) is 19.7 Å². The van der Waals surface area contributed by atoms with Crippen LogP contribution in [0.15, 0.2) is 54.6 Å². The lowest BCUT2D eigenvalue weighted by Crippen LogP contribution is -2.30. The Morgan fingerprint density at radius 1 is 1.04 bits per heavy atom. The van der Waals surface area contributed by atoms with Crippen LogP contribution in [0, 0.1) is 5.92 Å². The third-order valence-electron chi connectivity index (χ3n) is 3.78. The molecule has 0 bridgehead atoms. The Bertz CT molecular complexity index is 647. The molecule has 0 heterocycles. The number of rotatable bonds is 10. The molecule has 5 heteroatoms. The Balaban J connectivity index is 0.00000338. The molecule has 26 heavy (non-hydrogen) atoms. The quantitative estimate of drug-likeness (QED) is 0.666. The van der Waals surface area contributed by atoms with Crippen LogP contribution in [0.3, 0.4) is 0 Å². The molecule has 2 N–H and O–H groups in total. The number of hydrogen-bond acceptors (Lipinski definition) is 3. The predicted octanol–water partition coefficient (Wildman–Crippen LogP) is 3.59. The highest BCUT2D eigenvalue weighted by atomic mass is 35.5. The van der Waals surface area contributed by atoms with E-state index in [4.69, 9.17) is 4.74 Å². The molecule has 0 radical (unpaired) electrons. The smallest absolute Gasteiger partial charge is 0.257 e. The third-order valence-corrected chi connectivity index (χ3v) is 3.78. The highest BCUT2D eigenvalue weighted by Crippen LogP contribution is 2.17. The Morgan fingerprint density at radius 2 is 1.73 bits per heavy atom. The van der Waals surface area contributed by atoms with E-state index in [9.17, 15) is 4.79 Å². The topological polar surface area (TPSA) is 50.4 Å². The normalized spacial score (nSPS) is 10.3. The van der Waals surface area contributed by atoms with Gasteiger partial charge in [0.15, 0.2) is 6.61 Å². The van der Waals surface area contributed by atoms with E-state index >= 15 is 0 Å². The second-order valence-electron chi connectivity index (χ2n) is 6.51. The molecule has 0 unspecified atom stereocenters. The number of para-hydroxylation sites is 1. The summed E-state index contributed by atoms with van der Waals surface area (Å²) in [5.74, 6) is 1.27. The molecular formula is C21H29ClN2O2. The largest absolute Gasteiger partial charge is 0.483 e. The SMILES string of the molecule is CC(C)CNCc1ccccc1OCC(=O)NCCc1ccccc1.Cl. The van der Waals surface area contributed by atoms with Gasteiger partial charge in [-0.1, -0.05) is 62.4 Å². The summed E-state index contributed by atoms with van der Waals surface area (Å²) >= 11 is 0. The number of carbonyl (C=O) groups excluding carboxylic acids is 1. The number of halogens is 1. The molecule has 0 aliphatic carbocycles. The molecule has 1 amide bonds. The van der Waals surface area contributed by atoms with E-state index in [-0.39, 0.29) is 24.9 Å². The van der Waals surface area contributed by atoms with Gasteiger partial charge < -0.3 is 15.4 Å². The van der Waals surface area contributed by atoms with Crippen LogP contribution in [0.1, 0.15) is 25.0 Å². The molecule has 0 atom stereocenters. The zero-order chi connectivity index (χ0) is 17.9. The van der Waals surface area contributed by atoms with E-state index in [1.807, 2.05) is 42.5 Å². The van der Waals surface area contributed by atoms with E-state index in [2.05, 4.69) is 36.6 Å². The maximum atomic E-state index is 12.0. The fraction of sp³-hybridized carbons (Fsp3) is 0.381. The zero-order valence-electron chi connectivity index (χ0n) is 15.5. The first kappa shape index (κ1) is 22.0. The highest BCUT2D eigenvalue weighted by molar-refractivity contribution is 5.85. The lowest BCUT2D eigenvalue weighted by molar-refractivity contribution is -0.123. The molecule has 0 aliphatic heterocycles. The van der Waals surface area contributed by atoms with Gasteiger partial charge in [-0.3, -0.25) is 4.79 Å². The lowest BCUT2D eigenvalue weighted by atomic mass is 10.1. The van der Waals surface area contributed by atoms with E-state index < -0.39 is 0 Å². The Morgan fingerprint density at radius 3 is 2.46 bits per heavy atom. The number of ether oxygens (including phenoxy) is 1. The van der Waals surface area contributed by atoms with Crippen molar-refractivity contribution in [3.63, 3.8) is 0 Å². The summed E-state index contributed by atoms with van der Waals surface area (Å²) in [5.41, 5.74) is 2.28. The molecule has 0 aliphatic rings. The molecule has 142 valence electrons. The monoisotopic (exact) mass is 376 g/mol. The summed E-state index contributed by atoms with van der Waals surface area (Å²) in [6.07, 6.45) is 0.822. The van der Waals surface area contributed by atoms with Crippen molar-refractivity contribution in [2.24, 2.45) is 5.92 Å². The van der Waals surface area contributed by atoms with Gasteiger partial charge in [0.2, 0.25) is 0 Å². The van der Waals surface area contributed by atoms with E-state index in [0.29, 0.717) is 12.5 Å². The average Bonchev–Trinajstić information content (AvgIpc) is 2.61. The number of carbonyl (C=O) groups is 1. The molecule has 0 fully saturated rings. The van der Waals surface area contributed by atoms with Crippen molar-refractivity contribution < 1.29 is 9.53 Å². The van der Waals surface area contributed by atoms with Crippen LogP contribution in [0.4, 0.5) is 0 Å². The second-order valence-corrected chi connectivity index (χ2v) is 6.51. The van der Waals surface area contributed by atoms with Crippen molar-refractivity contribution in [3.05, 3.63) is 65.7 Å². The Kier molecular flexibility index (Phi) is 10.4. The molecule has 0 saturated heterocycles. The number of benzene rings is 2. The Labute approximate surface area is 162 Å². The standard InChI is InChI=1S/C21H28N2O2.ClH/c1-17(2)14-22-15-19-10-6-7-11-20(19)25-16-21(24)23-13-12-18-8-4-3-5-9-18;/h3-11,17,22H,12-16H2,1-2H3,(H,23,24);1H. The fourth-order valence-electron chi connectivity index (χ4n) is 2.47. The van der Waals surface area contributed by atoms with Crippen LogP contribution in [-0.4, -0.2) is 25.6 Å². The van der Waals surface area contributed by atoms with Gasteiger partial charge in [0.05, 0.1) is 0 Å². The summed E-state index contributed by atoms with van der Waals surface area (Å²) in [4.78, 5) is 12.0. The van der Waals surface area contributed by atoms with Crippen LogP contribution in [0.5, 0.6) is 5.75 Å². The maximum Gasteiger partial charge on any atom is 0.257 e. The minimum absolute atomic E-state index is 0. The minimum Gasteiger partial charge on any atom is -0.483 e. The minimum atomic E-state index is -0.0964. The molecule has 2 aromatic rings. The van der Waals surface area contributed by atoms with Gasteiger partial charge in [-0.05, 0) is 30.5 Å². The average molecular weight is 377 g/mol. The van der Waals surface area contributed by atoms with Crippen molar-refractivity contribution >= 4 is 18.3 Å². The molecule has 0 spiro atoms. The van der Waals surface area contributed by atoms with E-state index in [0.717, 1.165) is 30.8 Å². The van der Waals surface area contributed by atoms with Gasteiger partial charge >= 0.3 is 0 Å². The molecule has 2 aromatic carbocycles. The highest BCUT2D eigenvalue weighted by Gasteiger charge is 2.06. The Hall–Kier alpha value is -2.04. The van der Waals surface area contributed by atoms with Crippen LogP contribution in [0.25, 0.3) is 0 Å². The van der Waals surface area contributed by atoms with Gasteiger partial charge in [0, 0.05) is 18.7 Å². The van der Waals surface area contributed by atoms with E-state index in [1.54, 1.807) is 0 Å². The fourth-order valence-corrected chi connectivity index (χ4v) is 2.47. The number of hydrogen-bond donors (Lipinski definition) is 2. The van der Waals surface area contributed by atoms with Gasteiger partial charge in [-0.25, -0.2) is 0 Å². The van der Waals surface area contributed by atoms with Crippen LogP contribution >= 0.6 is 12.4 Å². The summed E-state index contributed by atoms with van der Waals surface area (Å²) in [6.45, 7) is 6.70. The first-order valence-electron chi connectivity index (χ1n) is 8.87. The third kappa shape index (κ3) is 8.37. The summed E-state index contributed by atoms with van der Waals surface area (Å²) in [6, 6.07) is 18.0. The van der Waals surface area contributed by atoms with Gasteiger partial charge in [-0.2, -0.15) is 0 Å². The number of amides is 1. The van der Waals surface area contributed by atoms with Crippen LogP contribution in [-0.2, 0) is 17.8 Å². The number of nitrogens with one attached hydrogen (secondary N) is 2. The molecule has 2 rings (SSSR count). The van der Waals surface area contributed by atoms with Crippen molar-refractivity contribution in [1.29, 1.82) is 0 Å². The summed E-state index contributed by atoms with van der Waals surface area (Å²) in [7, 11) is 0. The van der Waals surface area contributed by atoms with Crippen LogP contribution in [0.2, 0.25) is 0 Å². The molecule has 4 nitrogen and oxygen atoms in total. The van der Waals surface area contributed by atoms with Gasteiger partial charge in [0.1, 0.15) is 5.75 Å². The van der Waals surface area contributed by atoms with Gasteiger partial charge in [-0.15, -0.1) is 12.4 Å². The van der Waals surface area contributed by atoms with Crippen molar-refractivity contribution in [2.45, 2.75) is 26.8 Å². The lowest BCUT2D eigenvalue weighted by Gasteiger charge is -2.13. The first-order valence-corrected chi connectivity index (χ1v) is 8.87. The summed E-state index contributed by atoms with van der Waals surface area (Å²) in [5, 5.41) is 6.30. The van der Waals surface area contributed by atoms with Crippen molar-refractivity contribution in [1.82, 2.24) is 10.6 Å². The second kappa shape index (κ2) is 12.3. The van der Waals surface area contributed by atoms with Gasteiger partial charge in [0.25, 0.3) is 5.91 Å².